The Morgan fingerprint density at radius 1 is 1.00 bits per heavy atom. The molecular formula is C15H15N. The molecule has 1 N–H and O–H groups in total. The van der Waals surface area contributed by atoms with Crippen LogP contribution in [0, 0.1) is 6.92 Å². The van der Waals surface area contributed by atoms with Gasteiger partial charge in [-0.15, -0.1) is 0 Å². The van der Waals surface area contributed by atoms with Crippen molar-refractivity contribution in [2.24, 2.45) is 0 Å². The number of benzene rings is 2. The zero-order chi connectivity index (χ0) is 11.4. The van der Waals surface area contributed by atoms with E-state index < -0.39 is 0 Å². The fourth-order valence-electron chi connectivity index (χ4n) is 1.61. The second-order valence-corrected chi connectivity index (χ2v) is 3.84. The van der Waals surface area contributed by atoms with E-state index in [1.54, 1.807) is 0 Å². The van der Waals surface area contributed by atoms with Gasteiger partial charge in [-0.25, -0.2) is 0 Å². The summed E-state index contributed by atoms with van der Waals surface area (Å²) in [4.78, 5) is 0. The molecule has 80 valence electrons. The minimum absolute atomic E-state index is 0.922. The number of nitrogens with one attached hydrogen (secondary N) is 1. The molecule has 0 aromatic heterocycles. The van der Waals surface area contributed by atoms with E-state index in [9.17, 15) is 0 Å². The van der Waals surface area contributed by atoms with Gasteiger partial charge < -0.3 is 5.32 Å². The first kappa shape index (κ1) is 10.5. The molecule has 0 saturated heterocycles. The van der Waals surface area contributed by atoms with Gasteiger partial charge in [0.25, 0.3) is 0 Å². The maximum atomic E-state index is 4.04. The van der Waals surface area contributed by atoms with E-state index in [1.807, 2.05) is 42.5 Å². The van der Waals surface area contributed by atoms with Crippen LogP contribution in [0.5, 0.6) is 0 Å². The van der Waals surface area contributed by atoms with Crippen LogP contribution in [0.2, 0.25) is 0 Å². The fourth-order valence-corrected chi connectivity index (χ4v) is 1.61. The molecule has 0 aliphatic carbocycles. The lowest BCUT2D eigenvalue weighted by Crippen LogP contribution is -1.96. The summed E-state index contributed by atoms with van der Waals surface area (Å²) in [5.74, 6) is 0. The van der Waals surface area contributed by atoms with E-state index in [4.69, 9.17) is 0 Å². The minimum atomic E-state index is 0.922. The van der Waals surface area contributed by atoms with Crippen LogP contribution in [-0.2, 0) is 0 Å². The van der Waals surface area contributed by atoms with E-state index in [-0.39, 0.29) is 0 Å². The van der Waals surface area contributed by atoms with Crippen molar-refractivity contribution in [2.45, 2.75) is 6.92 Å². The standard InChI is InChI=1S/C15H15N/c1-12-7-6-10-15(11-12)16-13(2)14-8-4-3-5-9-14/h3-11,16H,2H2,1H3. The zero-order valence-electron chi connectivity index (χ0n) is 9.40. The Balaban J connectivity index is 2.14. The molecule has 0 aliphatic heterocycles. The fraction of sp³-hybridized carbons (Fsp3) is 0.0667. The highest BCUT2D eigenvalue weighted by Crippen LogP contribution is 2.17. The van der Waals surface area contributed by atoms with Gasteiger partial charge in [-0.2, -0.15) is 0 Å². The van der Waals surface area contributed by atoms with Crippen molar-refractivity contribution >= 4 is 11.4 Å². The summed E-state index contributed by atoms with van der Waals surface area (Å²) < 4.78 is 0. The third kappa shape index (κ3) is 2.51. The molecule has 0 spiro atoms. The highest BCUT2D eigenvalue weighted by Gasteiger charge is 1.98. The number of hydrogen-bond donors (Lipinski definition) is 1. The van der Waals surface area contributed by atoms with Gasteiger partial charge >= 0.3 is 0 Å². The topological polar surface area (TPSA) is 12.0 Å². The summed E-state index contributed by atoms with van der Waals surface area (Å²) in [6.45, 7) is 6.12. The second-order valence-electron chi connectivity index (χ2n) is 3.84. The molecule has 0 amide bonds. The van der Waals surface area contributed by atoms with Gasteiger partial charge in [-0.1, -0.05) is 49.0 Å². The van der Waals surface area contributed by atoms with Crippen molar-refractivity contribution in [3.05, 3.63) is 72.3 Å². The minimum Gasteiger partial charge on any atom is -0.356 e. The summed E-state index contributed by atoms with van der Waals surface area (Å²) in [5, 5.41) is 3.30. The van der Waals surface area contributed by atoms with Crippen molar-refractivity contribution in [1.82, 2.24) is 0 Å². The zero-order valence-corrected chi connectivity index (χ0v) is 9.40. The predicted octanol–water partition coefficient (Wildman–Crippen LogP) is 4.08. The van der Waals surface area contributed by atoms with Crippen molar-refractivity contribution < 1.29 is 0 Å². The van der Waals surface area contributed by atoms with Crippen LogP contribution in [-0.4, -0.2) is 0 Å². The number of hydrogen-bond acceptors (Lipinski definition) is 1. The Labute approximate surface area is 96.4 Å². The molecule has 0 aliphatic rings. The molecule has 0 atom stereocenters. The van der Waals surface area contributed by atoms with Crippen molar-refractivity contribution in [2.75, 3.05) is 5.32 Å². The molecule has 2 aromatic carbocycles. The van der Waals surface area contributed by atoms with Crippen LogP contribution < -0.4 is 5.32 Å². The van der Waals surface area contributed by atoms with Crippen LogP contribution in [0.4, 0.5) is 5.69 Å². The second kappa shape index (κ2) is 4.67. The molecule has 0 bridgehead atoms. The van der Waals surface area contributed by atoms with Gasteiger partial charge in [0.1, 0.15) is 0 Å². The van der Waals surface area contributed by atoms with Gasteiger partial charge in [0.2, 0.25) is 0 Å². The van der Waals surface area contributed by atoms with Crippen LogP contribution in [0.1, 0.15) is 11.1 Å². The molecule has 0 fully saturated rings. The van der Waals surface area contributed by atoms with Crippen LogP contribution in [0.25, 0.3) is 5.70 Å². The Bertz CT molecular complexity index is 486. The molecule has 1 nitrogen and oxygen atoms in total. The van der Waals surface area contributed by atoms with E-state index in [2.05, 4.69) is 31.0 Å². The van der Waals surface area contributed by atoms with Gasteiger partial charge in [-0.3, -0.25) is 0 Å². The third-order valence-corrected chi connectivity index (χ3v) is 2.44. The van der Waals surface area contributed by atoms with Crippen molar-refractivity contribution in [3.63, 3.8) is 0 Å². The van der Waals surface area contributed by atoms with E-state index in [1.165, 1.54) is 5.56 Å². The van der Waals surface area contributed by atoms with Crippen molar-refractivity contribution in [3.8, 4) is 0 Å². The molecular weight excluding hydrogens is 194 g/mol. The van der Waals surface area contributed by atoms with Gasteiger partial charge in [-0.05, 0) is 30.2 Å². The molecule has 0 saturated carbocycles. The Morgan fingerprint density at radius 3 is 2.44 bits per heavy atom. The monoisotopic (exact) mass is 209 g/mol. The highest BCUT2D eigenvalue weighted by atomic mass is 14.9. The van der Waals surface area contributed by atoms with Crippen molar-refractivity contribution in [1.29, 1.82) is 0 Å². The number of anilines is 1. The lowest BCUT2D eigenvalue weighted by Gasteiger charge is -2.10. The SMILES string of the molecule is C=C(Nc1cccc(C)c1)c1ccccc1. The summed E-state index contributed by atoms with van der Waals surface area (Å²) in [6.07, 6.45) is 0. The summed E-state index contributed by atoms with van der Waals surface area (Å²) in [6, 6.07) is 18.4. The van der Waals surface area contributed by atoms with E-state index >= 15 is 0 Å². The third-order valence-electron chi connectivity index (χ3n) is 2.44. The predicted molar refractivity (Wildman–Crippen MR) is 70.3 cm³/mol. The first-order valence-corrected chi connectivity index (χ1v) is 5.34. The maximum absolute atomic E-state index is 4.04. The summed E-state index contributed by atoms with van der Waals surface area (Å²) in [5.41, 5.74) is 4.36. The Kier molecular flexibility index (Phi) is 3.06. The number of rotatable bonds is 3. The van der Waals surface area contributed by atoms with Crippen LogP contribution in [0.15, 0.2) is 61.2 Å². The summed E-state index contributed by atoms with van der Waals surface area (Å²) >= 11 is 0. The largest absolute Gasteiger partial charge is 0.356 e. The molecule has 2 rings (SSSR count). The Hall–Kier alpha value is -2.02. The lowest BCUT2D eigenvalue weighted by molar-refractivity contribution is 1.45. The average Bonchev–Trinajstić information content (AvgIpc) is 2.30. The van der Waals surface area contributed by atoms with Gasteiger partial charge in [0, 0.05) is 11.4 Å². The van der Waals surface area contributed by atoms with Gasteiger partial charge in [0.05, 0.1) is 0 Å². The first-order chi connectivity index (χ1) is 7.75. The van der Waals surface area contributed by atoms with E-state index in [0.717, 1.165) is 16.9 Å². The smallest absolute Gasteiger partial charge is 0.0386 e. The number of aryl methyl sites for hydroxylation is 1. The molecule has 2 aromatic rings. The quantitative estimate of drug-likeness (QED) is 0.803. The van der Waals surface area contributed by atoms with Crippen LogP contribution in [0.3, 0.4) is 0 Å². The molecule has 0 unspecified atom stereocenters. The van der Waals surface area contributed by atoms with Crippen LogP contribution >= 0.6 is 0 Å². The Morgan fingerprint density at radius 2 is 1.75 bits per heavy atom. The average molecular weight is 209 g/mol. The van der Waals surface area contributed by atoms with Gasteiger partial charge in [0.15, 0.2) is 0 Å². The lowest BCUT2D eigenvalue weighted by atomic mass is 10.1. The maximum Gasteiger partial charge on any atom is 0.0386 e. The summed E-state index contributed by atoms with van der Waals surface area (Å²) in [7, 11) is 0. The molecule has 16 heavy (non-hydrogen) atoms. The van der Waals surface area contributed by atoms with E-state index in [0.29, 0.717) is 0 Å². The molecule has 0 heterocycles. The molecule has 1 heteroatoms. The molecule has 0 radical (unpaired) electrons. The normalized spacial score (nSPS) is 9.81. The highest BCUT2D eigenvalue weighted by molar-refractivity contribution is 5.75. The first-order valence-electron chi connectivity index (χ1n) is 5.34.